The van der Waals surface area contributed by atoms with E-state index in [1.165, 1.54) is 6.42 Å². The minimum absolute atomic E-state index is 0.813. The lowest BCUT2D eigenvalue weighted by molar-refractivity contribution is 0.814. The quantitative estimate of drug-likeness (QED) is 0.283. The van der Waals surface area contributed by atoms with Gasteiger partial charge in [-0.1, -0.05) is 25.2 Å². The predicted molar refractivity (Wildman–Crippen MR) is 34.6 cm³/mol. The van der Waals surface area contributed by atoms with E-state index in [0.717, 1.165) is 19.2 Å². The number of unbranched alkanes of at least 4 members (excludes halogenated alkanes) is 2. The third kappa shape index (κ3) is 5.80. The molecule has 0 spiro atoms. The fraction of sp³-hybridized carbons (Fsp3) is 0.667. The second kappa shape index (κ2) is 5.80. The van der Waals surface area contributed by atoms with Crippen LogP contribution < -0.4 is 0 Å². The summed E-state index contributed by atoms with van der Waals surface area (Å²) in [5.41, 5.74) is 0. The number of hydrogen-bond donors (Lipinski definition) is 0. The van der Waals surface area contributed by atoms with Crippen molar-refractivity contribution in [2.24, 2.45) is 0 Å². The molecule has 0 saturated heterocycles. The molecule has 1 heteroatoms. The van der Waals surface area contributed by atoms with E-state index in [2.05, 4.69) is 6.58 Å². The van der Waals surface area contributed by atoms with Crippen molar-refractivity contribution in [2.45, 2.75) is 25.6 Å². The molecular weight excluding hydrogens is 82.9 g/mol. The summed E-state index contributed by atoms with van der Waals surface area (Å²) in [6.45, 7) is 3.59. The number of allylic oxidation sites excluding steroid dienone is 1. The van der Waals surface area contributed by atoms with E-state index in [0.29, 0.717) is 0 Å². The Bertz CT molecular complexity index is 41.4. The molecular formula is C6H11B. The maximum Gasteiger partial charge on any atom is 0.0653 e. The van der Waals surface area contributed by atoms with Crippen LogP contribution in [0.1, 0.15) is 19.3 Å². The summed E-state index contributed by atoms with van der Waals surface area (Å²) in [4.78, 5) is 0. The van der Waals surface area contributed by atoms with Gasteiger partial charge in [-0.2, -0.15) is 0 Å². The van der Waals surface area contributed by atoms with Crippen LogP contribution in [-0.4, -0.2) is 7.85 Å². The summed E-state index contributed by atoms with van der Waals surface area (Å²) in [7, 11) is 5.23. The van der Waals surface area contributed by atoms with Crippen LogP contribution in [0.3, 0.4) is 0 Å². The van der Waals surface area contributed by atoms with Crippen molar-refractivity contribution >= 4 is 7.85 Å². The smallest absolute Gasteiger partial charge is 0.0653 e. The Morgan fingerprint density at radius 1 is 1.43 bits per heavy atom. The Morgan fingerprint density at radius 2 is 2.14 bits per heavy atom. The lowest BCUT2D eigenvalue weighted by Crippen LogP contribution is -1.70. The van der Waals surface area contributed by atoms with Crippen LogP contribution in [0.25, 0.3) is 0 Å². The van der Waals surface area contributed by atoms with E-state index in [-0.39, 0.29) is 0 Å². The van der Waals surface area contributed by atoms with Crippen molar-refractivity contribution in [2.75, 3.05) is 0 Å². The summed E-state index contributed by atoms with van der Waals surface area (Å²) in [5.74, 6) is 0. The third-order valence-corrected chi connectivity index (χ3v) is 0.862. The Hall–Kier alpha value is -0.195. The molecule has 0 nitrogen and oxygen atoms in total. The molecule has 0 atom stereocenters. The van der Waals surface area contributed by atoms with Gasteiger partial charge in [0.25, 0.3) is 0 Å². The lowest BCUT2D eigenvalue weighted by Gasteiger charge is -1.87. The van der Waals surface area contributed by atoms with Gasteiger partial charge in [0.2, 0.25) is 0 Å². The molecule has 0 aliphatic rings. The monoisotopic (exact) mass is 94.1 g/mol. The molecule has 0 unspecified atom stereocenters. The average molecular weight is 94.0 g/mol. The molecule has 2 radical (unpaired) electrons. The Kier molecular flexibility index (Phi) is 5.64. The number of rotatable bonds is 4. The highest BCUT2D eigenvalue weighted by Gasteiger charge is 1.77. The molecule has 0 aliphatic heterocycles. The van der Waals surface area contributed by atoms with Gasteiger partial charge in [-0.3, -0.25) is 0 Å². The van der Waals surface area contributed by atoms with E-state index in [1.807, 2.05) is 6.08 Å². The van der Waals surface area contributed by atoms with Gasteiger partial charge in [-0.05, 0) is 6.42 Å². The van der Waals surface area contributed by atoms with Gasteiger partial charge in [0.1, 0.15) is 0 Å². The van der Waals surface area contributed by atoms with Gasteiger partial charge in [-0.15, -0.1) is 6.58 Å². The standard InChI is InChI=1S/C6H11B/c1-2-3-4-5-6-7/h2H,1,3-6H2. The Balaban J connectivity index is 2.56. The van der Waals surface area contributed by atoms with Crippen LogP contribution in [0.2, 0.25) is 6.32 Å². The number of hydrogen-bond acceptors (Lipinski definition) is 0. The second-order valence-electron chi connectivity index (χ2n) is 1.57. The molecule has 0 amide bonds. The summed E-state index contributed by atoms with van der Waals surface area (Å²) < 4.78 is 0. The molecule has 0 N–H and O–H groups in total. The first-order valence-corrected chi connectivity index (χ1v) is 2.72. The highest BCUT2D eigenvalue weighted by molar-refractivity contribution is 6.08. The van der Waals surface area contributed by atoms with Crippen molar-refractivity contribution < 1.29 is 0 Å². The lowest BCUT2D eigenvalue weighted by atomic mass is 10.00. The largest absolute Gasteiger partial charge is 0.103 e. The van der Waals surface area contributed by atoms with Crippen molar-refractivity contribution in [3.63, 3.8) is 0 Å². The van der Waals surface area contributed by atoms with Crippen LogP contribution in [0, 0.1) is 0 Å². The predicted octanol–water partition coefficient (Wildman–Crippen LogP) is 1.93. The van der Waals surface area contributed by atoms with Gasteiger partial charge in [0, 0.05) is 0 Å². The van der Waals surface area contributed by atoms with Gasteiger partial charge in [0.15, 0.2) is 0 Å². The van der Waals surface area contributed by atoms with Crippen molar-refractivity contribution in [3.05, 3.63) is 12.7 Å². The van der Waals surface area contributed by atoms with Crippen LogP contribution in [0.5, 0.6) is 0 Å². The maximum absolute atomic E-state index is 5.23. The van der Waals surface area contributed by atoms with Crippen LogP contribution in [0.15, 0.2) is 12.7 Å². The minimum atomic E-state index is 0.813. The van der Waals surface area contributed by atoms with Crippen molar-refractivity contribution in [1.29, 1.82) is 0 Å². The van der Waals surface area contributed by atoms with Gasteiger partial charge >= 0.3 is 0 Å². The molecule has 0 aromatic rings. The molecule has 0 fully saturated rings. The fourth-order valence-corrected chi connectivity index (χ4v) is 0.433. The van der Waals surface area contributed by atoms with Crippen molar-refractivity contribution in [3.8, 4) is 0 Å². The summed E-state index contributed by atoms with van der Waals surface area (Å²) in [6.07, 6.45) is 6.17. The zero-order valence-electron chi connectivity index (χ0n) is 4.69. The highest BCUT2D eigenvalue weighted by atomic mass is 13.8. The minimum Gasteiger partial charge on any atom is -0.103 e. The van der Waals surface area contributed by atoms with E-state index in [4.69, 9.17) is 7.85 Å². The van der Waals surface area contributed by atoms with E-state index in [9.17, 15) is 0 Å². The van der Waals surface area contributed by atoms with Crippen LogP contribution in [-0.2, 0) is 0 Å². The molecule has 38 valence electrons. The molecule has 0 saturated carbocycles. The van der Waals surface area contributed by atoms with Crippen LogP contribution in [0.4, 0.5) is 0 Å². The molecule has 0 aromatic carbocycles. The average Bonchev–Trinajstić information content (AvgIpc) is 1.69. The molecule has 0 aromatic heterocycles. The summed E-state index contributed by atoms with van der Waals surface area (Å²) in [6, 6.07) is 0. The molecule has 0 bridgehead atoms. The van der Waals surface area contributed by atoms with Crippen molar-refractivity contribution in [1.82, 2.24) is 0 Å². The SMILES string of the molecule is [B]CCCCC=C. The second-order valence-corrected chi connectivity index (χ2v) is 1.57. The topological polar surface area (TPSA) is 0 Å². The third-order valence-electron chi connectivity index (χ3n) is 0.862. The highest BCUT2D eigenvalue weighted by Crippen LogP contribution is 1.96. The normalized spacial score (nSPS) is 8.57. The first-order chi connectivity index (χ1) is 3.41. The van der Waals surface area contributed by atoms with Gasteiger partial charge < -0.3 is 0 Å². The fourth-order valence-electron chi connectivity index (χ4n) is 0.433. The Labute approximate surface area is 47.0 Å². The molecule has 0 rings (SSSR count). The summed E-state index contributed by atoms with van der Waals surface area (Å²) in [5, 5.41) is 0. The van der Waals surface area contributed by atoms with Crippen LogP contribution >= 0.6 is 0 Å². The molecule has 0 heterocycles. The molecule has 7 heavy (non-hydrogen) atoms. The zero-order valence-corrected chi connectivity index (χ0v) is 4.69. The molecule has 0 aliphatic carbocycles. The van der Waals surface area contributed by atoms with E-state index in [1.54, 1.807) is 0 Å². The van der Waals surface area contributed by atoms with E-state index >= 15 is 0 Å². The zero-order chi connectivity index (χ0) is 5.54. The van der Waals surface area contributed by atoms with E-state index < -0.39 is 0 Å². The first kappa shape index (κ1) is 6.80. The summed E-state index contributed by atoms with van der Waals surface area (Å²) >= 11 is 0. The first-order valence-electron chi connectivity index (χ1n) is 2.72. The Morgan fingerprint density at radius 3 is 2.57 bits per heavy atom. The van der Waals surface area contributed by atoms with Gasteiger partial charge in [0.05, 0.1) is 7.85 Å². The van der Waals surface area contributed by atoms with Gasteiger partial charge in [-0.25, -0.2) is 0 Å². The maximum atomic E-state index is 5.23.